The van der Waals surface area contributed by atoms with Crippen LogP contribution < -0.4 is 5.43 Å². The molecule has 0 fully saturated rings. The van der Waals surface area contributed by atoms with Crippen molar-refractivity contribution in [3.05, 3.63) is 98.5 Å². The van der Waals surface area contributed by atoms with Crippen molar-refractivity contribution in [2.24, 2.45) is 5.10 Å². The molecule has 0 saturated carbocycles. The molecule has 0 saturated heterocycles. The van der Waals surface area contributed by atoms with E-state index in [0.29, 0.717) is 5.13 Å². The molecule has 1 heterocycles. The standard InChI is InChI=1S/C23H17BrN4O2S/c1-15-5-7-17(8-6-15)21-22(18-9-11-20(12-10-18)28(29)30)31-23(26-21)27-25-14-16-3-2-4-19(24)13-16/h2-14H,1H3,(H,26,27)/b25-14-. The summed E-state index contributed by atoms with van der Waals surface area (Å²) < 4.78 is 0.979. The van der Waals surface area contributed by atoms with Gasteiger partial charge in [-0.05, 0) is 42.3 Å². The molecule has 0 aliphatic rings. The number of rotatable bonds is 6. The fourth-order valence-corrected chi connectivity index (χ4v) is 4.31. The van der Waals surface area contributed by atoms with Gasteiger partial charge in [0.2, 0.25) is 5.13 Å². The first-order valence-electron chi connectivity index (χ1n) is 9.37. The Morgan fingerprint density at radius 3 is 2.45 bits per heavy atom. The minimum absolute atomic E-state index is 0.0575. The SMILES string of the molecule is Cc1ccc(-c2nc(N/N=C\c3cccc(Br)c3)sc2-c2ccc([N+](=O)[O-])cc2)cc1. The molecule has 6 nitrogen and oxygen atoms in total. The van der Waals surface area contributed by atoms with E-state index < -0.39 is 4.92 Å². The van der Waals surface area contributed by atoms with Gasteiger partial charge in [-0.15, -0.1) is 0 Å². The minimum atomic E-state index is -0.402. The lowest BCUT2D eigenvalue weighted by Crippen LogP contribution is -1.90. The summed E-state index contributed by atoms with van der Waals surface area (Å²) in [5, 5.41) is 15.9. The van der Waals surface area contributed by atoms with Crippen LogP contribution in [0.25, 0.3) is 21.7 Å². The highest BCUT2D eigenvalue weighted by Crippen LogP contribution is 2.39. The van der Waals surface area contributed by atoms with Crippen molar-refractivity contribution in [3.63, 3.8) is 0 Å². The quantitative estimate of drug-likeness (QED) is 0.180. The Hall–Kier alpha value is -3.36. The van der Waals surface area contributed by atoms with Gasteiger partial charge in [0.05, 0.1) is 21.7 Å². The molecule has 4 rings (SSSR count). The number of hydrogen-bond donors (Lipinski definition) is 1. The largest absolute Gasteiger partial charge is 0.269 e. The van der Waals surface area contributed by atoms with Gasteiger partial charge in [-0.25, -0.2) is 4.98 Å². The molecule has 0 radical (unpaired) electrons. The number of hydrogen-bond acceptors (Lipinski definition) is 6. The van der Waals surface area contributed by atoms with Crippen LogP contribution in [0.15, 0.2) is 82.4 Å². The Balaban J connectivity index is 1.68. The van der Waals surface area contributed by atoms with Gasteiger partial charge in [-0.2, -0.15) is 5.10 Å². The van der Waals surface area contributed by atoms with Crippen LogP contribution in [0, 0.1) is 17.0 Å². The number of aryl methyl sites for hydroxylation is 1. The van der Waals surface area contributed by atoms with Crippen LogP contribution in [0.3, 0.4) is 0 Å². The fourth-order valence-electron chi connectivity index (χ4n) is 2.95. The predicted octanol–water partition coefficient (Wildman–Crippen LogP) is 6.90. The smallest absolute Gasteiger partial charge is 0.258 e. The maximum absolute atomic E-state index is 11.0. The number of thiazole rings is 1. The van der Waals surface area contributed by atoms with Crippen LogP contribution >= 0.6 is 27.3 Å². The Morgan fingerprint density at radius 1 is 1.06 bits per heavy atom. The molecule has 154 valence electrons. The summed E-state index contributed by atoms with van der Waals surface area (Å²) in [7, 11) is 0. The summed E-state index contributed by atoms with van der Waals surface area (Å²) in [6, 6.07) is 22.4. The number of anilines is 1. The number of benzene rings is 3. The summed E-state index contributed by atoms with van der Waals surface area (Å²) in [6.45, 7) is 2.03. The zero-order valence-electron chi connectivity index (χ0n) is 16.4. The molecule has 0 unspecified atom stereocenters. The number of nitro groups is 1. The van der Waals surface area contributed by atoms with E-state index in [2.05, 4.69) is 26.5 Å². The maximum Gasteiger partial charge on any atom is 0.269 e. The van der Waals surface area contributed by atoms with Crippen molar-refractivity contribution in [2.75, 3.05) is 5.43 Å². The summed E-state index contributed by atoms with van der Waals surface area (Å²) >= 11 is 4.90. The first kappa shape index (κ1) is 20.9. The lowest BCUT2D eigenvalue weighted by molar-refractivity contribution is -0.384. The predicted molar refractivity (Wildman–Crippen MR) is 130 cm³/mol. The Bertz CT molecular complexity index is 1250. The molecular formula is C23H17BrN4O2S. The van der Waals surface area contributed by atoms with Gasteiger partial charge in [-0.3, -0.25) is 15.5 Å². The third-order valence-corrected chi connectivity index (χ3v) is 6.02. The fraction of sp³-hybridized carbons (Fsp3) is 0.0435. The van der Waals surface area contributed by atoms with Crippen molar-refractivity contribution in [2.45, 2.75) is 6.92 Å². The molecule has 31 heavy (non-hydrogen) atoms. The highest BCUT2D eigenvalue weighted by molar-refractivity contribution is 9.10. The van der Waals surface area contributed by atoms with Crippen LogP contribution in [0.4, 0.5) is 10.8 Å². The Labute approximate surface area is 191 Å². The zero-order valence-corrected chi connectivity index (χ0v) is 18.9. The highest BCUT2D eigenvalue weighted by Gasteiger charge is 2.16. The Kier molecular flexibility index (Phi) is 6.20. The molecule has 0 bridgehead atoms. The number of nitro benzene ring substituents is 1. The lowest BCUT2D eigenvalue weighted by atomic mass is 10.1. The van der Waals surface area contributed by atoms with Crippen molar-refractivity contribution < 1.29 is 4.92 Å². The number of halogens is 1. The molecule has 0 aliphatic carbocycles. The molecule has 4 aromatic rings. The molecule has 3 aromatic carbocycles. The van der Waals surface area contributed by atoms with Gasteiger partial charge in [0, 0.05) is 22.2 Å². The third-order valence-electron chi connectivity index (χ3n) is 4.51. The summed E-state index contributed by atoms with van der Waals surface area (Å²) in [4.78, 5) is 16.3. The lowest BCUT2D eigenvalue weighted by Gasteiger charge is -2.03. The van der Waals surface area contributed by atoms with E-state index in [-0.39, 0.29) is 5.69 Å². The van der Waals surface area contributed by atoms with Crippen LogP contribution in [0.5, 0.6) is 0 Å². The van der Waals surface area contributed by atoms with Crippen LogP contribution in [-0.4, -0.2) is 16.1 Å². The summed E-state index contributed by atoms with van der Waals surface area (Å²) in [6.07, 6.45) is 1.73. The van der Waals surface area contributed by atoms with Crippen molar-refractivity contribution in [1.29, 1.82) is 0 Å². The molecule has 8 heteroatoms. The topological polar surface area (TPSA) is 80.4 Å². The van der Waals surface area contributed by atoms with Gasteiger partial charge in [0.25, 0.3) is 5.69 Å². The normalized spacial score (nSPS) is 11.0. The first-order chi connectivity index (χ1) is 15.0. The van der Waals surface area contributed by atoms with E-state index in [1.54, 1.807) is 18.3 Å². The second kappa shape index (κ2) is 9.20. The van der Waals surface area contributed by atoms with E-state index in [4.69, 9.17) is 4.98 Å². The van der Waals surface area contributed by atoms with E-state index in [1.807, 2.05) is 55.5 Å². The van der Waals surface area contributed by atoms with E-state index in [9.17, 15) is 10.1 Å². The van der Waals surface area contributed by atoms with E-state index in [0.717, 1.165) is 37.3 Å². The van der Waals surface area contributed by atoms with Crippen molar-refractivity contribution in [3.8, 4) is 21.7 Å². The number of nitrogens with zero attached hydrogens (tertiary/aromatic N) is 3. The van der Waals surface area contributed by atoms with Crippen molar-refractivity contribution in [1.82, 2.24) is 4.98 Å². The summed E-state index contributed by atoms with van der Waals surface area (Å²) in [5.41, 5.74) is 7.82. The van der Waals surface area contributed by atoms with Gasteiger partial charge in [0.15, 0.2) is 0 Å². The molecule has 0 amide bonds. The molecule has 0 atom stereocenters. The van der Waals surface area contributed by atoms with Gasteiger partial charge in [-0.1, -0.05) is 69.2 Å². The molecular weight excluding hydrogens is 476 g/mol. The van der Waals surface area contributed by atoms with Crippen LogP contribution in [0.1, 0.15) is 11.1 Å². The average molecular weight is 493 g/mol. The molecule has 0 spiro atoms. The van der Waals surface area contributed by atoms with Crippen molar-refractivity contribution >= 4 is 44.3 Å². The molecule has 1 aromatic heterocycles. The maximum atomic E-state index is 11.0. The number of nitrogens with one attached hydrogen (secondary N) is 1. The molecule has 0 aliphatic heterocycles. The number of hydrazone groups is 1. The van der Waals surface area contributed by atoms with Crippen LogP contribution in [-0.2, 0) is 0 Å². The van der Waals surface area contributed by atoms with Gasteiger partial charge < -0.3 is 0 Å². The van der Waals surface area contributed by atoms with Gasteiger partial charge >= 0.3 is 0 Å². The number of aromatic nitrogens is 1. The van der Waals surface area contributed by atoms with E-state index >= 15 is 0 Å². The zero-order chi connectivity index (χ0) is 21.8. The van der Waals surface area contributed by atoms with E-state index in [1.165, 1.54) is 23.5 Å². The van der Waals surface area contributed by atoms with Gasteiger partial charge in [0.1, 0.15) is 0 Å². The monoisotopic (exact) mass is 492 g/mol. The van der Waals surface area contributed by atoms with Crippen LogP contribution in [0.2, 0.25) is 0 Å². The second-order valence-electron chi connectivity index (χ2n) is 6.79. The average Bonchev–Trinajstić information content (AvgIpc) is 3.18. The minimum Gasteiger partial charge on any atom is -0.258 e. The number of non-ortho nitro benzene ring substituents is 1. The first-order valence-corrected chi connectivity index (χ1v) is 11.0. The summed E-state index contributed by atoms with van der Waals surface area (Å²) in [5.74, 6) is 0. The third kappa shape index (κ3) is 5.04. The second-order valence-corrected chi connectivity index (χ2v) is 8.71. The Morgan fingerprint density at radius 2 is 1.77 bits per heavy atom. The molecule has 1 N–H and O–H groups in total. The highest BCUT2D eigenvalue weighted by atomic mass is 79.9.